The van der Waals surface area contributed by atoms with Crippen molar-refractivity contribution in [2.45, 2.75) is 17.5 Å². The Hall–Kier alpha value is -2.71. The molecule has 0 radical (unpaired) electrons. The van der Waals surface area contributed by atoms with Gasteiger partial charge in [0.25, 0.3) is 5.89 Å². The highest BCUT2D eigenvalue weighted by atomic mass is 35.5. The minimum absolute atomic E-state index is 0.398. The zero-order chi connectivity index (χ0) is 17.8. The Bertz CT molecular complexity index is 1000. The molecule has 7 nitrogen and oxygen atoms in total. The summed E-state index contributed by atoms with van der Waals surface area (Å²) in [6, 6.07) is 17.4. The monoisotopic (exact) mass is 384 g/mol. The van der Waals surface area contributed by atoms with Gasteiger partial charge in [0, 0.05) is 0 Å². The Kier molecular flexibility index (Phi) is 4.94. The predicted octanol–water partition coefficient (Wildman–Crippen LogP) is 3.72. The second-order valence-corrected chi connectivity index (χ2v) is 6.74. The summed E-state index contributed by atoms with van der Waals surface area (Å²) in [5.74, 6) is 1.44. The van der Waals surface area contributed by atoms with E-state index in [0.29, 0.717) is 39.8 Å². The molecule has 4 rings (SSSR count). The van der Waals surface area contributed by atoms with Gasteiger partial charge in [-0.3, -0.25) is 0 Å². The third kappa shape index (κ3) is 3.76. The van der Waals surface area contributed by atoms with Crippen molar-refractivity contribution in [1.29, 1.82) is 0 Å². The van der Waals surface area contributed by atoms with Crippen LogP contribution in [-0.2, 0) is 12.3 Å². The van der Waals surface area contributed by atoms with Gasteiger partial charge in [0.1, 0.15) is 0 Å². The number of thioether (sulfide) groups is 1. The third-order valence-corrected chi connectivity index (χ3v) is 4.86. The van der Waals surface area contributed by atoms with E-state index in [1.807, 2.05) is 48.5 Å². The Morgan fingerprint density at radius 1 is 1.04 bits per heavy atom. The lowest BCUT2D eigenvalue weighted by molar-refractivity contribution is 0.425. The second-order valence-electron chi connectivity index (χ2n) is 5.39. The number of benzene rings is 2. The van der Waals surface area contributed by atoms with Crippen molar-refractivity contribution in [1.82, 2.24) is 30.3 Å². The highest BCUT2D eigenvalue weighted by molar-refractivity contribution is 7.98. The summed E-state index contributed by atoms with van der Waals surface area (Å²) in [6.45, 7) is 0.604. The van der Waals surface area contributed by atoms with Crippen LogP contribution in [0.4, 0.5) is 0 Å². The van der Waals surface area contributed by atoms with Gasteiger partial charge in [0.05, 0.1) is 22.9 Å². The van der Waals surface area contributed by atoms with Crippen LogP contribution in [0.25, 0.3) is 11.5 Å². The van der Waals surface area contributed by atoms with Gasteiger partial charge in [-0.1, -0.05) is 71.0 Å². The molecule has 0 saturated carbocycles. The number of rotatable bonds is 6. The molecule has 130 valence electrons. The van der Waals surface area contributed by atoms with Crippen LogP contribution in [-0.4, -0.2) is 30.3 Å². The maximum absolute atomic E-state index is 6.16. The zero-order valence-electron chi connectivity index (χ0n) is 13.5. The van der Waals surface area contributed by atoms with E-state index in [0.717, 1.165) is 5.56 Å². The predicted molar refractivity (Wildman–Crippen MR) is 97.7 cm³/mol. The maximum atomic E-state index is 6.16. The fourth-order valence-corrected chi connectivity index (χ4v) is 3.28. The summed E-state index contributed by atoms with van der Waals surface area (Å²) >= 11 is 7.61. The molecule has 0 unspecified atom stereocenters. The number of nitrogens with zero attached hydrogens (tertiary/aromatic N) is 6. The summed E-state index contributed by atoms with van der Waals surface area (Å²) in [5, 5.41) is 17.1. The molecule has 0 atom stereocenters. The molecule has 2 heterocycles. The van der Waals surface area contributed by atoms with Crippen LogP contribution in [0.2, 0.25) is 5.02 Å². The first-order valence-corrected chi connectivity index (χ1v) is 9.16. The Labute approximate surface area is 158 Å². The number of hydrogen-bond donors (Lipinski definition) is 0. The Morgan fingerprint density at radius 3 is 2.69 bits per heavy atom. The zero-order valence-corrected chi connectivity index (χ0v) is 15.1. The van der Waals surface area contributed by atoms with Crippen LogP contribution < -0.4 is 0 Å². The minimum Gasteiger partial charge on any atom is -0.334 e. The van der Waals surface area contributed by atoms with Crippen molar-refractivity contribution in [2.24, 2.45) is 0 Å². The molecule has 26 heavy (non-hydrogen) atoms. The lowest BCUT2D eigenvalue weighted by Gasteiger charge is -2.03. The lowest BCUT2D eigenvalue weighted by atomic mass is 10.2. The Morgan fingerprint density at radius 2 is 1.85 bits per heavy atom. The SMILES string of the molecule is Clc1ccccc1-c1nc(CSc2nnnn2Cc2ccccc2)no1. The summed E-state index contributed by atoms with van der Waals surface area (Å²) in [6.07, 6.45) is 0. The molecule has 0 N–H and O–H groups in total. The van der Waals surface area contributed by atoms with Gasteiger partial charge < -0.3 is 4.52 Å². The van der Waals surface area contributed by atoms with Gasteiger partial charge >= 0.3 is 0 Å². The number of tetrazole rings is 1. The van der Waals surface area contributed by atoms with Gasteiger partial charge in [-0.15, -0.1) is 5.10 Å². The lowest BCUT2D eigenvalue weighted by Crippen LogP contribution is -2.03. The van der Waals surface area contributed by atoms with E-state index in [9.17, 15) is 0 Å². The van der Waals surface area contributed by atoms with Crippen LogP contribution in [0.5, 0.6) is 0 Å². The van der Waals surface area contributed by atoms with Crippen molar-refractivity contribution >= 4 is 23.4 Å². The third-order valence-electron chi connectivity index (χ3n) is 3.58. The van der Waals surface area contributed by atoms with E-state index in [1.54, 1.807) is 10.7 Å². The van der Waals surface area contributed by atoms with Gasteiger partial charge in [0.15, 0.2) is 5.82 Å². The standard InChI is InChI=1S/C17H13ClN6OS/c18-14-9-5-4-8-13(14)16-19-15(21-25-16)11-26-17-20-22-23-24(17)10-12-6-2-1-3-7-12/h1-9H,10-11H2. The van der Waals surface area contributed by atoms with Gasteiger partial charge in [-0.05, 0) is 28.1 Å². The van der Waals surface area contributed by atoms with E-state index in [-0.39, 0.29) is 0 Å². The number of halogens is 1. The first-order chi connectivity index (χ1) is 12.8. The topological polar surface area (TPSA) is 82.5 Å². The van der Waals surface area contributed by atoms with Crippen molar-refractivity contribution in [3.05, 3.63) is 71.0 Å². The van der Waals surface area contributed by atoms with Gasteiger partial charge in [0.2, 0.25) is 5.16 Å². The number of hydrogen-bond acceptors (Lipinski definition) is 7. The van der Waals surface area contributed by atoms with Crippen molar-refractivity contribution in [3.8, 4) is 11.5 Å². The summed E-state index contributed by atoms with van der Waals surface area (Å²) in [4.78, 5) is 4.39. The molecular formula is C17H13ClN6OS. The van der Waals surface area contributed by atoms with Gasteiger partial charge in [-0.25, -0.2) is 4.68 Å². The first-order valence-electron chi connectivity index (χ1n) is 7.80. The van der Waals surface area contributed by atoms with E-state index < -0.39 is 0 Å². The van der Waals surface area contributed by atoms with Crippen molar-refractivity contribution in [3.63, 3.8) is 0 Å². The fraction of sp³-hybridized carbons (Fsp3) is 0.118. The molecule has 0 saturated heterocycles. The second kappa shape index (κ2) is 7.67. The molecule has 9 heteroatoms. The van der Waals surface area contributed by atoms with E-state index in [4.69, 9.17) is 16.1 Å². The molecule has 2 aromatic carbocycles. The first kappa shape index (κ1) is 16.7. The maximum Gasteiger partial charge on any atom is 0.259 e. The highest BCUT2D eigenvalue weighted by Crippen LogP contribution is 2.27. The molecule has 0 aliphatic heterocycles. The normalized spacial score (nSPS) is 11.0. The molecule has 0 spiro atoms. The molecule has 0 aliphatic carbocycles. The molecule has 0 aliphatic rings. The quantitative estimate of drug-likeness (QED) is 0.468. The van der Waals surface area contributed by atoms with Crippen molar-refractivity contribution < 1.29 is 4.52 Å². The van der Waals surface area contributed by atoms with Crippen molar-refractivity contribution in [2.75, 3.05) is 0 Å². The Balaban J connectivity index is 1.44. The van der Waals surface area contributed by atoms with E-state index >= 15 is 0 Å². The van der Waals surface area contributed by atoms with Crippen LogP contribution in [0.1, 0.15) is 11.4 Å². The molecular weight excluding hydrogens is 372 g/mol. The minimum atomic E-state index is 0.398. The number of aromatic nitrogens is 6. The highest BCUT2D eigenvalue weighted by Gasteiger charge is 2.14. The average molecular weight is 385 g/mol. The van der Waals surface area contributed by atoms with Crippen LogP contribution in [0.3, 0.4) is 0 Å². The summed E-state index contributed by atoms with van der Waals surface area (Å²) in [7, 11) is 0. The van der Waals surface area contributed by atoms with Crippen LogP contribution >= 0.6 is 23.4 Å². The summed E-state index contributed by atoms with van der Waals surface area (Å²) in [5.41, 5.74) is 1.84. The van der Waals surface area contributed by atoms with E-state index in [1.165, 1.54) is 11.8 Å². The molecule has 0 bridgehead atoms. The summed E-state index contributed by atoms with van der Waals surface area (Å²) < 4.78 is 7.06. The molecule has 4 aromatic rings. The van der Waals surface area contributed by atoms with Gasteiger partial charge in [-0.2, -0.15) is 4.98 Å². The largest absolute Gasteiger partial charge is 0.334 e. The molecule has 0 amide bonds. The molecule has 0 fully saturated rings. The van der Waals surface area contributed by atoms with E-state index in [2.05, 4.69) is 25.7 Å². The molecule has 2 aromatic heterocycles. The fourth-order valence-electron chi connectivity index (χ4n) is 2.34. The van der Waals surface area contributed by atoms with Crippen LogP contribution in [0, 0.1) is 0 Å². The van der Waals surface area contributed by atoms with Crippen LogP contribution in [0.15, 0.2) is 64.3 Å². The smallest absolute Gasteiger partial charge is 0.259 e. The average Bonchev–Trinajstić information content (AvgIpc) is 3.31.